The van der Waals surface area contributed by atoms with Crippen molar-refractivity contribution in [2.24, 2.45) is 5.41 Å². The summed E-state index contributed by atoms with van der Waals surface area (Å²) in [7, 11) is 1.80. The zero-order chi connectivity index (χ0) is 12.3. The lowest BCUT2D eigenvalue weighted by molar-refractivity contribution is 0.0746. The molecule has 0 aromatic heterocycles. The van der Waals surface area contributed by atoms with Crippen molar-refractivity contribution in [3.8, 4) is 0 Å². The van der Waals surface area contributed by atoms with Gasteiger partial charge in [-0.3, -0.25) is 4.79 Å². The quantitative estimate of drug-likeness (QED) is 0.774. The molecule has 1 rings (SSSR count). The fraction of sp³-hybridized carbons (Fsp3) is 0.462. The Kier molecular flexibility index (Phi) is 3.98. The van der Waals surface area contributed by atoms with Gasteiger partial charge in [0.25, 0.3) is 5.91 Å². The van der Waals surface area contributed by atoms with Crippen LogP contribution in [0.3, 0.4) is 0 Å². The number of halogens is 1. The molecule has 0 unspecified atom stereocenters. The minimum atomic E-state index is -0.0273. The highest BCUT2D eigenvalue weighted by Crippen LogP contribution is 2.19. The predicted molar refractivity (Wildman–Crippen MR) is 67.9 cm³/mol. The first-order chi connectivity index (χ1) is 7.31. The topological polar surface area (TPSA) is 20.3 Å². The lowest BCUT2D eigenvalue weighted by Crippen LogP contribution is -2.34. The molecule has 0 saturated heterocycles. The zero-order valence-electron chi connectivity index (χ0n) is 10.2. The summed E-state index contributed by atoms with van der Waals surface area (Å²) >= 11 is 5.99. The lowest BCUT2D eigenvalue weighted by atomic mass is 9.96. The van der Waals surface area contributed by atoms with Gasteiger partial charge in [0.05, 0.1) is 10.6 Å². The first kappa shape index (κ1) is 13.0. The molecule has 16 heavy (non-hydrogen) atoms. The van der Waals surface area contributed by atoms with Crippen molar-refractivity contribution < 1.29 is 4.79 Å². The molecule has 1 aromatic carbocycles. The number of carbonyl (C=O) groups excluding carboxylic acids is 1. The number of hydrogen-bond donors (Lipinski definition) is 0. The van der Waals surface area contributed by atoms with Gasteiger partial charge >= 0.3 is 0 Å². The van der Waals surface area contributed by atoms with E-state index in [1.165, 1.54) is 0 Å². The third kappa shape index (κ3) is 3.53. The fourth-order valence-electron chi connectivity index (χ4n) is 1.62. The molecule has 0 spiro atoms. The Labute approximate surface area is 102 Å². The highest BCUT2D eigenvalue weighted by atomic mass is 35.5. The van der Waals surface area contributed by atoms with Crippen molar-refractivity contribution >= 4 is 17.5 Å². The van der Waals surface area contributed by atoms with E-state index in [1.54, 1.807) is 24.1 Å². The van der Waals surface area contributed by atoms with Crippen molar-refractivity contribution in [3.05, 3.63) is 34.9 Å². The molecule has 1 aromatic rings. The lowest BCUT2D eigenvalue weighted by Gasteiger charge is -2.26. The van der Waals surface area contributed by atoms with E-state index in [2.05, 4.69) is 20.8 Å². The summed E-state index contributed by atoms with van der Waals surface area (Å²) in [5, 5.41) is 0.508. The van der Waals surface area contributed by atoms with Crippen molar-refractivity contribution in [3.63, 3.8) is 0 Å². The molecule has 3 heteroatoms. The van der Waals surface area contributed by atoms with Gasteiger partial charge < -0.3 is 4.90 Å². The van der Waals surface area contributed by atoms with Gasteiger partial charge in [-0.2, -0.15) is 0 Å². The molecule has 0 aliphatic rings. The Hall–Kier alpha value is -1.02. The first-order valence-corrected chi connectivity index (χ1v) is 5.69. The number of hydrogen-bond acceptors (Lipinski definition) is 1. The summed E-state index contributed by atoms with van der Waals surface area (Å²) < 4.78 is 0. The molecule has 0 saturated carbocycles. The fourth-order valence-corrected chi connectivity index (χ4v) is 1.84. The smallest absolute Gasteiger partial charge is 0.255 e. The number of carbonyl (C=O) groups is 1. The maximum atomic E-state index is 12.1. The third-order valence-corrected chi connectivity index (χ3v) is 2.49. The van der Waals surface area contributed by atoms with Gasteiger partial charge in [0.2, 0.25) is 0 Å². The monoisotopic (exact) mass is 239 g/mol. The molecule has 0 bridgehead atoms. The van der Waals surface area contributed by atoms with Gasteiger partial charge in [0.15, 0.2) is 0 Å². The largest absolute Gasteiger partial charge is 0.341 e. The molecule has 2 nitrogen and oxygen atoms in total. The van der Waals surface area contributed by atoms with Crippen LogP contribution in [0.5, 0.6) is 0 Å². The Morgan fingerprint density at radius 3 is 2.38 bits per heavy atom. The average molecular weight is 240 g/mol. The maximum Gasteiger partial charge on any atom is 0.255 e. The molecule has 1 amide bonds. The summed E-state index contributed by atoms with van der Waals surface area (Å²) in [5.74, 6) is -0.0273. The minimum absolute atomic E-state index is 0.0273. The summed E-state index contributed by atoms with van der Waals surface area (Å²) in [6.45, 7) is 7.01. The van der Waals surface area contributed by atoms with Gasteiger partial charge in [0, 0.05) is 13.6 Å². The molecule has 0 radical (unpaired) electrons. The number of benzene rings is 1. The van der Waals surface area contributed by atoms with Crippen molar-refractivity contribution in [1.29, 1.82) is 0 Å². The second kappa shape index (κ2) is 4.88. The minimum Gasteiger partial charge on any atom is -0.341 e. The van der Waals surface area contributed by atoms with E-state index in [-0.39, 0.29) is 11.3 Å². The summed E-state index contributed by atoms with van der Waals surface area (Å²) in [5.41, 5.74) is 0.655. The van der Waals surface area contributed by atoms with E-state index < -0.39 is 0 Å². The van der Waals surface area contributed by atoms with Gasteiger partial charge in [-0.25, -0.2) is 0 Å². The number of rotatable bonds is 2. The Morgan fingerprint density at radius 1 is 1.31 bits per heavy atom. The first-order valence-electron chi connectivity index (χ1n) is 5.31. The predicted octanol–water partition coefficient (Wildman–Crippen LogP) is 3.46. The number of nitrogens with zero attached hydrogens (tertiary/aromatic N) is 1. The van der Waals surface area contributed by atoms with E-state index in [0.717, 1.165) is 0 Å². The maximum absolute atomic E-state index is 12.1. The Morgan fingerprint density at radius 2 is 1.88 bits per heavy atom. The normalized spacial score (nSPS) is 11.3. The molecular formula is C13H18ClNO. The average Bonchev–Trinajstić information content (AvgIpc) is 2.15. The van der Waals surface area contributed by atoms with E-state index in [4.69, 9.17) is 11.6 Å². The summed E-state index contributed by atoms with van der Waals surface area (Å²) in [6.07, 6.45) is 0. The molecule has 0 atom stereocenters. The molecule has 0 aliphatic carbocycles. The second-order valence-electron chi connectivity index (χ2n) is 5.20. The Bertz CT molecular complexity index is 382. The van der Waals surface area contributed by atoms with Crippen LogP contribution < -0.4 is 0 Å². The molecule has 88 valence electrons. The number of amides is 1. The van der Waals surface area contributed by atoms with Crippen LogP contribution in [0.4, 0.5) is 0 Å². The van der Waals surface area contributed by atoms with Crippen LogP contribution in [0.15, 0.2) is 24.3 Å². The van der Waals surface area contributed by atoms with Gasteiger partial charge in [-0.05, 0) is 17.5 Å². The van der Waals surface area contributed by atoms with Gasteiger partial charge in [-0.15, -0.1) is 0 Å². The second-order valence-corrected chi connectivity index (χ2v) is 5.61. The van der Waals surface area contributed by atoms with E-state index in [9.17, 15) is 4.79 Å². The van der Waals surface area contributed by atoms with E-state index in [1.807, 2.05) is 12.1 Å². The van der Waals surface area contributed by atoms with Crippen LogP contribution in [0, 0.1) is 5.41 Å². The third-order valence-electron chi connectivity index (χ3n) is 2.16. The summed E-state index contributed by atoms with van der Waals surface area (Å²) in [6, 6.07) is 7.14. The van der Waals surface area contributed by atoms with Crippen molar-refractivity contribution in [2.45, 2.75) is 20.8 Å². The van der Waals surface area contributed by atoms with Crippen molar-refractivity contribution in [1.82, 2.24) is 4.90 Å². The van der Waals surface area contributed by atoms with Gasteiger partial charge in [-0.1, -0.05) is 44.5 Å². The van der Waals surface area contributed by atoms with Gasteiger partial charge in [0.1, 0.15) is 0 Å². The van der Waals surface area contributed by atoms with Crippen molar-refractivity contribution in [2.75, 3.05) is 13.6 Å². The van der Waals surface area contributed by atoms with Crippen LogP contribution >= 0.6 is 11.6 Å². The van der Waals surface area contributed by atoms with E-state index in [0.29, 0.717) is 17.1 Å². The van der Waals surface area contributed by atoms with Crippen LogP contribution in [-0.2, 0) is 0 Å². The summed E-state index contributed by atoms with van der Waals surface area (Å²) in [4.78, 5) is 13.8. The van der Waals surface area contributed by atoms with Crippen LogP contribution in [-0.4, -0.2) is 24.4 Å². The molecule has 0 fully saturated rings. The van der Waals surface area contributed by atoms with Crippen LogP contribution in [0.25, 0.3) is 0 Å². The standard InChI is InChI=1S/C13H18ClNO/c1-13(2,3)9-15(4)12(16)10-7-5-6-8-11(10)14/h5-8H,9H2,1-4H3. The molecular weight excluding hydrogens is 222 g/mol. The Balaban J connectivity index is 2.83. The van der Waals surface area contributed by atoms with Crippen LogP contribution in [0.1, 0.15) is 31.1 Å². The molecule has 0 aliphatic heterocycles. The highest BCUT2D eigenvalue weighted by molar-refractivity contribution is 6.33. The molecule has 0 heterocycles. The SMILES string of the molecule is CN(CC(C)(C)C)C(=O)c1ccccc1Cl. The highest BCUT2D eigenvalue weighted by Gasteiger charge is 2.20. The molecule has 0 N–H and O–H groups in total. The zero-order valence-corrected chi connectivity index (χ0v) is 11.0. The van der Waals surface area contributed by atoms with E-state index >= 15 is 0 Å². The van der Waals surface area contributed by atoms with Crippen LogP contribution in [0.2, 0.25) is 5.02 Å².